The Hall–Kier alpha value is -4.84. The fourth-order valence-electron chi connectivity index (χ4n) is 2.72. The summed E-state index contributed by atoms with van der Waals surface area (Å²) in [5.74, 6) is -7.72. The summed E-state index contributed by atoms with van der Waals surface area (Å²) in [5, 5.41) is 1.09. The van der Waals surface area contributed by atoms with E-state index in [9.17, 15) is 58.7 Å². The summed E-state index contributed by atoms with van der Waals surface area (Å²) in [6.45, 7) is 0. The van der Waals surface area contributed by atoms with Gasteiger partial charge in [0.1, 0.15) is 11.0 Å². The Kier molecular flexibility index (Phi) is 9.34. The van der Waals surface area contributed by atoms with Gasteiger partial charge in [0.25, 0.3) is 11.3 Å². The molecule has 0 amide bonds. The summed E-state index contributed by atoms with van der Waals surface area (Å²) in [4.78, 5) is 53.2. The molecule has 19 heteroatoms. The summed E-state index contributed by atoms with van der Waals surface area (Å²) >= 11 is 0. The van der Waals surface area contributed by atoms with E-state index in [4.69, 9.17) is 4.74 Å². The molecular weight excluding hydrogens is 575 g/mol. The number of nitrogens with one attached hydrogen (secondary N) is 3. The number of methoxy groups -OCH3 is 1. The van der Waals surface area contributed by atoms with E-state index in [0.717, 1.165) is 17.1 Å². The molecule has 4 rings (SSSR count). The molecule has 4 aromatic rings. The highest BCUT2D eigenvalue weighted by molar-refractivity contribution is 6.10. The van der Waals surface area contributed by atoms with Crippen molar-refractivity contribution < 1.29 is 63.4 Å². The molecule has 0 aliphatic heterocycles. The number of alkyl halides is 9. The largest absolute Gasteiger partial charge is 0.491 e. The van der Waals surface area contributed by atoms with Crippen LogP contribution in [-0.2, 0) is 14.3 Å². The number of aromatic nitrogens is 4. The summed E-state index contributed by atoms with van der Waals surface area (Å²) in [5.41, 5.74) is -0.211. The van der Waals surface area contributed by atoms with E-state index in [1.165, 1.54) is 12.3 Å². The van der Waals surface area contributed by atoms with Crippen LogP contribution in [0.4, 0.5) is 39.5 Å². The van der Waals surface area contributed by atoms with E-state index in [1.807, 2.05) is 18.3 Å². The lowest BCUT2D eigenvalue weighted by atomic mass is 10.1. The summed E-state index contributed by atoms with van der Waals surface area (Å²) in [6.07, 6.45) is -10.5. The minimum absolute atomic E-state index is 0.0360. The molecule has 0 radical (unpaired) electrons. The third kappa shape index (κ3) is 7.84. The number of halogens is 9. The second kappa shape index (κ2) is 11.9. The number of H-pyrrole nitrogens is 3. The monoisotopic (exact) mass is 588 g/mol. The quantitative estimate of drug-likeness (QED) is 0.137. The van der Waals surface area contributed by atoms with Crippen LogP contribution in [0.5, 0.6) is 5.88 Å². The van der Waals surface area contributed by atoms with Crippen molar-refractivity contribution in [2.45, 2.75) is 18.5 Å². The standard InChI is InChI=1S/C9H5F3N2O2.C8H8N2O.C4F6O3/c10-9(11,12)7(15)5-3-14-6-4(5)1-2-13-8(6)16;1-11-8-7-6(2-4-9-7)3-5-10-8;5-3(6,7)1(11)13-2(12)4(8,9)10/h1-3,14H,(H,13,16);2-5,9H,1H3;. The molecule has 0 saturated carbocycles. The fraction of sp³-hybridized carbons (Fsp3) is 0.190. The Morgan fingerprint density at radius 1 is 0.775 bits per heavy atom. The van der Waals surface area contributed by atoms with Gasteiger partial charge in [0.15, 0.2) is 0 Å². The Morgan fingerprint density at radius 2 is 1.35 bits per heavy atom. The van der Waals surface area contributed by atoms with Crippen LogP contribution in [0.25, 0.3) is 21.8 Å². The van der Waals surface area contributed by atoms with Crippen molar-refractivity contribution >= 4 is 39.5 Å². The van der Waals surface area contributed by atoms with Gasteiger partial charge in [-0.2, -0.15) is 39.5 Å². The molecule has 0 bridgehead atoms. The van der Waals surface area contributed by atoms with Gasteiger partial charge in [-0.1, -0.05) is 0 Å². The van der Waals surface area contributed by atoms with E-state index >= 15 is 0 Å². The Labute approximate surface area is 214 Å². The maximum atomic E-state index is 12.2. The summed E-state index contributed by atoms with van der Waals surface area (Å²) in [7, 11) is 1.61. The minimum atomic E-state index is -5.62. The van der Waals surface area contributed by atoms with E-state index in [1.54, 1.807) is 13.3 Å². The van der Waals surface area contributed by atoms with Gasteiger partial charge >= 0.3 is 30.5 Å². The van der Waals surface area contributed by atoms with Crippen molar-refractivity contribution in [3.05, 3.63) is 58.9 Å². The van der Waals surface area contributed by atoms with Crippen molar-refractivity contribution in [2.24, 2.45) is 0 Å². The number of Topliss-reactive ketones (excluding diaryl/α,β-unsaturated/α-hetero) is 1. The van der Waals surface area contributed by atoms with Gasteiger partial charge in [-0.3, -0.25) is 9.59 Å². The molecule has 0 unspecified atom stereocenters. The number of aromatic amines is 3. The third-order valence-electron chi connectivity index (χ3n) is 4.39. The Bertz CT molecular complexity index is 1540. The fourth-order valence-corrected chi connectivity index (χ4v) is 2.72. The van der Waals surface area contributed by atoms with Gasteiger partial charge in [-0.15, -0.1) is 0 Å². The van der Waals surface area contributed by atoms with E-state index in [-0.39, 0.29) is 10.9 Å². The first-order valence-corrected chi connectivity index (χ1v) is 10.0. The van der Waals surface area contributed by atoms with Crippen LogP contribution in [-0.4, -0.2) is 63.3 Å². The van der Waals surface area contributed by atoms with Gasteiger partial charge in [0.05, 0.1) is 12.7 Å². The molecule has 0 saturated heterocycles. The van der Waals surface area contributed by atoms with Crippen LogP contribution in [0, 0.1) is 0 Å². The zero-order valence-corrected chi connectivity index (χ0v) is 19.3. The number of pyridine rings is 2. The zero-order valence-electron chi connectivity index (χ0n) is 19.3. The van der Waals surface area contributed by atoms with Crippen molar-refractivity contribution in [1.82, 2.24) is 19.9 Å². The number of ketones is 1. The number of esters is 2. The lowest BCUT2D eigenvalue weighted by Crippen LogP contribution is -2.34. The number of rotatable bonds is 2. The molecule has 0 aliphatic rings. The van der Waals surface area contributed by atoms with E-state index in [2.05, 4.69) is 24.7 Å². The third-order valence-corrected chi connectivity index (χ3v) is 4.39. The van der Waals surface area contributed by atoms with Crippen molar-refractivity contribution in [2.75, 3.05) is 7.11 Å². The number of nitrogens with zero attached hydrogens (tertiary/aromatic N) is 1. The minimum Gasteiger partial charge on any atom is -0.479 e. The SMILES string of the molecule is COc1nccc2cc[nH]c12.O=C(OC(=O)C(F)(F)F)C(F)(F)F.O=C(c1c[nH]c2c(=O)[nH]ccc12)C(F)(F)F. The van der Waals surface area contributed by atoms with Crippen LogP contribution < -0.4 is 10.3 Å². The molecule has 216 valence electrons. The molecule has 3 N–H and O–H groups in total. The predicted molar refractivity (Wildman–Crippen MR) is 115 cm³/mol. The van der Waals surface area contributed by atoms with Gasteiger partial charge < -0.3 is 24.4 Å². The van der Waals surface area contributed by atoms with Gasteiger partial charge in [-0.25, -0.2) is 14.6 Å². The van der Waals surface area contributed by atoms with Gasteiger partial charge in [0, 0.05) is 35.6 Å². The van der Waals surface area contributed by atoms with Crippen molar-refractivity contribution in [3.8, 4) is 5.88 Å². The van der Waals surface area contributed by atoms with Crippen LogP contribution in [0.2, 0.25) is 0 Å². The molecule has 0 atom stereocenters. The van der Waals surface area contributed by atoms with E-state index < -0.39 is 47.4 Å². The number of fused-ring (bicyclic) bond motifs is 2. The van der Waals surface area contributed by atoms with Crippen molar-refractivity contribution in [3.63, 3.8) is 0 Å². The Morgan fingerprint density at radius 3 is 1.88 bits per heavy atom. The smallest absolute Gasteiger partial charge is 0.479 e. The van der Waals surface area contributed by atoms with Gasteiger partial charge in [-0.05, 0) is 18.2 Å². The molecule has 0 aliphatic carbocycles. The van der Waals surface area contributed by atoms with Crippen LogP contribution in [0.1, 0.15) is 10.4 Å². The summed E-state index contributed by atoms with van der Waals surface area (Å²) in [6, 6.07) is 5.17. The number of hydrogen-bond donors (Lipinski definition) is 3. The molecule has 40 heavy (non-hydrogen) atoms. The highest BCUT2D eigenvalue weighted by Crippen LogP contribution is 2.25. The predicted octanol–water partition coefficient (Wildman–Crippen LogP) is 4.35. The van der Waals surface area contributed by atoms with Crippen LogP contribution >= 0.6 is 0 Å². The normalized spacial score (nSPS) is 11.7. The number of carbonyl (C=O) groups excluding carboxylic acids is 3. The highest BCUT2D eigenvalue weighted by Gasteiger charge is 2.49. The topological polar surface area (TPSA) is 147 Å². The van der Waals surface area contributed by atoms with Crippen molar-refractivity contribution in [1.29, 1.82) is 0 Å². The second-order valence-electron chi connectivity index (χ2n) is 7.06. The molecule has 4 aromatic heterocycles. The molecule has 0 fully saturated rings. The Balaban J connectivity index is 0.000000214. The number of hydrogen-bond acceptors (Lipinski definition) is 7. The van der Waals surface area contributed by atoms with Crippen LogP contribution in [0.15, 0.2) is 47.8 Å². The first kappa shape index (κ1) is 31.4. The lowest BCUT2D eigenvalue weighted by molar-refractivity contribution is -0.221. The lowest BCUT2D eigenvalue weighted by Gasteiger charge is -2.06. The number of carbonyl (C=O) groups is 3. The second-order valence-corrected chi connectivity index (χ2v) is 7.06. The molecule has 10 nitrogen and oxygen atoms in total. The molecule has 0 aromatic carbocycles. The average Bonchev–Trinajstić information content (AvgIpc) is 3.50. The zero-order chi connectivity index (χ0) is 30.5. The molecular formula is C21H13F9N4O6. The summed E-state index contributed by atoms with van der Waals surface area (Å²) < 4.78 is 111. The average molecular weight is 588 g/mol. The molecule has 4 heterocycles. The van der Waals surface area contributed by atoms with Gasteiger partial charge in [0.2, 0.25) is 5.88 Å². The first-order valence-electron chi connectivity index (χ1n) is 10.0. The van der Waals surface area contributed by atoms with E-state index in [0.29, 0.717) is 5.88 Å². The number of ether oxygens (including phenoxy) is 2. The first-order chi connectivity index (χ1) is 18.4. The maximum absolute atomic E-state index is 12.2. The highest BCUT2D eigenvalue weighted by atomic mass is 19.4. The maximum Gasteiger partial charge on any atom is 0.491 e. The molecule has 0 spiro atoms. The van der Waals surface area contributed by atoms with Crippen LogP contribution in [0.3, 0.4) is 0 Å².